The second-order valence-electron chi connectivity index (χ2n) is 6.07. The number of nitrogens with one attached hydrogen (secondary N) is 3. The Morgan fingerprint density at radius 3 is 2.33 bits per heavy atom. The summed E-state index contributed by atoms with van der Waals surface area (Å²) in [6.45, 7) is 5.82. The van der Waals surface area contributed by atoms with Crippen molar-refractivity contribution in [1.29, 1.82) is 0 Å². The predicted molar refractivity (Wildman–Crippen MR) is 123 cm³/mol. The van der Waals surface area contributed by atoms with Gasteiger partial charge in [-0.25, -0.2) is 13.4 Å². The number of sulfonamides is 1. The van der Waals surface area contributed by atoms with E-state index in [0.29, 0.717) is 24.7 Å². The summed E-state index contributed by atoms with van der Waals surface area (Å²) in [6, 6.07) is 15.6. The van der Waals surface area contributed by atoms with Gasteiger partial charge >= 0.3 is 0 Å². The molecule has 0 radical (unpaired) electrons. The van der Waals surface area contributed by atoms with Gasteiger partial charge in [-0.3, -0.25) is 4.72 Å². The number of halogens is 1. The molecule has 0 bridgehead atoms. The summed E-state index contributed by atoms with van der Waals surface area (Å²) in [5, 5.41) is 6.45. The zero-order valence-corrected chi connectivity index (χ0v) is 19.0. The van der Waals surface area contributed by atoms with E-state index in [1.165, 1.54) is 5.56 Å². The molecule has 0 saturated carbocycles. The number of aryl methyl sites for hydroxylation is 1. The first-order valence-electron chi connectivity index (χ1n) is 8.51. The van der Waals surface area contributed by atoms with E-state index in [1.807, 2.05) is 19.1 Å². The highest BCUT2D eigenvalue weighted by Crippen LogP contribution is 2.15. The SMILES string of the molecule is CCNC(=NCc1ccc(C)cc1)NCc1ccccc1NS(C)(=O)=O.I. The number of hydrogen-bond acceptors (Lipinski definition) is 3. The highest BCUT2D eigenvalue weighted by atomic mass is 127. The molecule has 2 aromatic rings. The number of aliphatic imine (C=N–C) groups is 1. The number of nitrogens with zero attached hydrogens (tertiary/aromatic N) is 1. The fourth-order valence-corrected chi connectivity index (χ4v) is 2.96. The third kappa shape index (κ3) is 8.61. The summed E-state index contributed by atoms with van der Waals surface area (Å²) in [5.41, 5.74) is 3.76. The smallest absolute Gasteiger partial charge is 0.229 e. The molecule has 148 valence electrons. The van der Waals surface area contributed by atoms with Crippen molar-refractivity contribution in [1.82, 2.24) is 10.6 Å². The Bertz CT molecular complexity index is 852. The van der Waals surface area contributed by atoms with E-state index in [1.54, 1.807) is 12.1 Å². The minimum atomic E-state index is -3.32. The first kappa shape index (κ1) is 23.2. The van der Waals surface area contributed by atoms with E-state index < -0.39 is 10.0 Å². The molecular formula is C19H27IN4O2S. The molecule has 0 aromatic heterocycles. The van der Waals surface area contributed by atoms with Crippen LogP contribution in [0.4, 0.5) is 5.69 Å². The van der Waals surface area contributed by atoms with Crippen LogP contribution in [-0.4, -0.2) is 27.2 Å². The Morgan fingerprint density at radius 2 is 1.70 bits per heavy atom. The van der Waals surface area contributed by atoms with Crippen molar-refractivity contribution in [3.63, 3.8) is 0 Å². The third-order valence-corrected chi connectivity index (χ3v) is 4.23. The van der Waals surface area contributed by atoms with Crippen LogP contribution in [0.25, 0.3) is 0 Å². The maximum atomic E-state index is 11.5. The molecule has 8 heteroatoms. The zero-order valence-electron chi connectivity index (χ0n) is 15.8. The number of para-hydroxylation sites is 1. The molecule has 0 amide bonds. The molecule has 2 rings (SSSR count). The number of hydrogen-bond donors (Lipinski definition) is 3. The van der Waals surface area contributed by atoms with E-state index in [4.69, 9.17) is 0 Å². The molecule has 0 atom stereocenters. The molecule has 0 spiro atoms. The minimum absolute atomic E-state index is 0. The van der Waals surface area contributed by atoms with Gasteiger partial charge < -0.3 is 10.6 Å². The second-order valence-corrected chi connectivity index (χ2v) is 7.81. The number of benzene rings is 2. The average molecular weight is 502 g/mol. The minimum Gasteiger partial charge on any atom is -0.357 e. The predicted octanol–water partition coefficient (Wildman–Crippen LogP) is 3.24. The molecule has 6 nitrogen and oxygen atoms in total. The van der Waals surface area contributed by atoms with E-state index in [9.17, 15) is 8.42 Å². The first-order valence-corrected chi connectivity index (χ1v) is 10.4. The Hall–Kier alpha value is -1.81. The van der Waals surface area contributed by atoms with Gasteiger partial charge in [0.25, 0.3) is 0 Å². The normalized spacial score (nSPS) is 11.4. The zero-order chi connectivity index (χ0) is 19.0. The fraction of sp³-hybridized carbons (Fsp3) is 0.316. The topological polar surface area (TPSA) is 82.6 Å². The second kappa shape index (κ2) is 11.1. The van der Waals surface area contributed by atoms with Crippen LogP contribution >= 0.6 is 24.0 Å². The maximum absolute atomic E-state index is 11.5. The van der Waals surface area contributed by atoms with Crippen molar-refractivity contribution in [2.45, 2.75) is 26.9 Å². The number of rotatable bonds is 7. The molecule has 0 saturated heterocycles. The quantitative estimate of drug-likeness (QED) is 0.309. The van der Waals surface area contributed by atoms with Crippen LogP contribution < -0.4 is 15.4 Å². The Morgan fingerprint density at radius 1 is 1.04 bits per heavy atom. The van der Waals surface area contributed by atoms with E-state index >= 15 is 0 Å². The molecule has 0 aliphatic carbocycles. The molecule has 0 heterocycles. The third-order valence-electron chi connectivity index (χ3n) is 3.64. The molecule has 3 N–H and O–H groups in total. The summed E-state index contributed by atoms with van der Waals surface area (Å²) >= 11 is 0. The van der Waals surface area contributed by atoms with Crippen molar-refractivity contribution in [2.24, 2.45) is 4.99 Å². The van der Waals surface area contributed by atoms with Gasteiger partial charge in [0.05, 0.1) is 18.5 Å². The standard InChI is InChI=1S/C19H26N4O2S.HI/c1-4-20-19(21-13-16-11-9-15(2)10-12-16)22-14-17-7-5-6-8-18(17)23-26(3,24)25;/h5-12,23H,4,13-14H2,1-3H3,(H2,20,21,22);1H. The number of anilines is 1. The summed E-state index contributed by atoms with van der Waals surface area (Å²) in [4.78, 5) is 4.59. The lowest BCUT2D eigenvalue weighted by atomic mass is 10.1. The van der Waals surface area contributed by atoms with Crippen molar-refractivity contribution in [3.8, 4) is 0 Å². The lowest BCUT2D eigenvalue weighted by Gasteiger charge is -2.14. The highest BCUT2D eigenvalue weighted by Gasteiger charge is 2.07. The summed E-state index contributed by atoms with van der Waals surface area (Å²) in [6.07, 6.45) is 1.14. The van der Waals surface area contributed by atoms with Gasteiger partial charge in [-0.2, -0.15) is 0 Å². The van der Waals surface area contributed by atoms with Crippen molar-refractivity contribution >= 4 is 45.6 Å². The van der Waals surface area contributed by atoms with Crippen LogP contribution in [0, 0.1) is 6.92 Å². The molecular weight excluding hydrogens is 475 g/mol. The molecule has 0 aliphatic rings. The summed E-state index contributed by atoms with van der Waals surface area (Å²) in [5.74, 6) is 0.683. The van der Waals surface area contributed by atoms with Gasteiger partial charge in [-0.05, 0) is 31.0 Å². The molecule has 0 fully saturated rings. The molecule has 2 aromatic carbocycles. The van der Waals surface area contributed by atoms with Crippen LogP contribution in [0.5, 0.6) is 0 Å². The van der Waals surface area contributed by atoms with Gasteiger partial charge in [0, 0.05) is 13.1 Å². The van der Waals surface area contributed by atoms with Crippen molar-refractivity contribution in [3.05, 3.63) is 65.2 Å². The Labute approximate surface area is 178 Å². The van der Waals surface area contributed by atoms with Crippen LogP contribution in [0.1, 0.15) is 23.6 Å². The van der Waals surface area contributed by atoms with Gasteiger partial charge in [-0.1, -0.05) is 48.0 Å². The summed E-state index contributed by atoms with van der Waals surface area (Å²) < 4.78 is 25.6. The molecule has 27 heavy (non-hydrogen) atoms. The summed E-state index contributed by atoms with van der Waals surface area (Å²) in [7, 11) is -3.32. The Balaban J connectivity index is 0.00000364. The van der Waals surface area contributed by atoms with Crippen molar-refractivity contribution < 1.29 is 8.42 Å². The lowest BCUT2D eigenvalue weighted by Crippen LogP contribution is -2.37. The van der Waals surface area contributed by atoms with Gasteiger partial charge in [0.2, 0.25) is 10.0 Å². The van der Waals surface area contributed by atoms with Gasteiger partial charge in [0.15, 0.2) is 5.96 Å². The maximum Gasteiger partial charge on any atom is 0.229 e. The van der Waals surface area contributed by atoms with Crippen molar-refractivity contribution in [2.75, 3.05) is 17.5 Å². The van der Waals surface area contributed by atoms with Crippen LogP contribution in [0.2, 0.25) is 0 Å². The number of guanidine groups is 1. The Kier molecular flexibility index (Phi) is 9.57. The highest BCUT2D eigenvalue weighted by molar-refractivity contribution is 14.0. The molecule has 0 aliphatic heterocycles. The van der Waals surface area contributed by atoms with Gasteiger partial charge in [-0.15, -0.1) is 24.0 Å². The van der Waals surface area contributed by atoms with Crippen LogP contribution in [-0.2, 0) is 23.1 Å². The lowest BCUT2D eigenvalue weighted by molar-refractivity contribution is 0.606. The van der Waals surface area contributed by atoms with E-state index in [0.717, 1.165) is 23.9 Å². The largest absolute Gasteiger partial charge is 0.357 e. The van der Waals surface area contributed by atoms with E-state index in [2.05, 4.69) is 51.5 Å². The molecule has 0 unspecified atom stereocenters. The van der Waals surface area contributed by atoms with Crippen LogP contribution in [0.15, 0.2) is 53.5 Å². The fourth-order valence-electron chi connectivity index (χ4n) is 2.36. The average Bonchev–Trinajstić information content (AvgIpc) is 2.58. The van der Waals surface area contributed by atoms with E-state index in [-0.39, 0.29) is 24.0 Å². The first-order chi connectivity index (χ1) is 12.4. The van der Waals surface area contributed by atoms with Crippen LogP contribution in [0.3, 0.4) is 0 Å². The monoisotopic (exact) mass is 502 g/mol. The van der Waals surface area contributed by atoms with Gasteiger partial charge in [0.1, 0.15) is 0 Å².